The van der Waals surface area contributed by atoms with Crippen LogP contribution in [0, 0.1) is 0 Å². The number of rotatable bonds is 2. The molecule has 0 aliphatic carbocycles. The van der Waals surface area contributed by atoms with Crippen molar-refractivity contribution >= 4 is 23.4 Å². The van der Waals surface area contributed by atoms with Crippen LogP contribution in [0.2, 0.25) is 0 Å². The number of carboxylic acids is 1. The number of aromatic nitrogens is 3. The predicted octanol–water partition coefficient (Wildman–Crippen LogP) is 2.45. The van der Waals surface area contributed by atoms with Crippen LogP contribution in [-0.4, -0.2) is 31.9 Å². The van der Waals surface area contributed by atoms with Gasteiger partial charge in [0.2, 0.25) is 0 Å². The van der Waals surface area contributed by atoms with Gasteiger partial charge in [-0.05, 0) is 18.4 Å². The highest BCUT2D eigenvalue weighted by atomic mass is 32.2. The van der Waals surface area contributed by atoms with E-state index in [4.69, 9.17) is 5.11 Å². The van der Waals surface area contributed by atoms with Crippen LogP contribution in [0.4, 0.5) is 0 Å². The van der Waals surface area contributed by atoms with Gasteiger partial charge in [-0.25, -0.2) is 4.79 Å². The first kappa shape index (κ1) is 12.9. The monoisotopic (exact) mass is 265 g/mol. The average molecular weight is 265 g/mol. The van der Waals surface area contributed by atoms with Gasteiger partial charge in [0.15, 0.2) is 5.65 Å². The maximum absolute atomic E-state index is 11.0. The van der Waals surface area contributed by atoms with Crippen LogP contribution < -0.4 is 0 Å². The van der Waals surface area contributed by atoms with Gasteiger partial charge >= 0.3 is 5.97 Å². The molecule has 2 aromatic heterocycles. The van der Waals surface area contributed by atoms with E-state index in [1.807, 2.05) is 10.7 Å². The first-order valence-corrected chi connectivity index (χ1v) is 6.74. The van der Waals surface area contributed by atoms with E-state index in [0.717, 1.165) is 10.9 Å². The Hall–Kier alpha value is -1.56. The lowest BCUT2D eigenvalue weighted by atomic mass is 9.96. The third-order valence-corrected chi connectivity index (χ3v) is 3.32. The first-order valence-electron chi connectivity index (χ1n) is 5.51. The molecule has 6 heteroatoms. The number of carbonyl (C=O) groups is 1. The average Bonchev–Trinajstić information content (AvgIpc) is 2.70. The summed E-state index contributed by atoms with van der Waals surface area (Å²) in [6.45, 7) is 6.16. The SMILES string of the molecule is CSc1cc(C(=O)O)cc2nnc(C(C)(C)C)n12. The van der Waals surface area contributed by atoms with Crippen molar-refractivity contribution in [1.82, 2.24) is 14.6 Å². The third kappa shape index (κ3) is 2.08. The number of fused-ring (bicyclic) bond motifs is 1. The molecular weight excluding hydrogens is 250 g/mol. The molecule has 0 aromatic carbocycles. The van der Waals surface area contributed by atoms with Crippen LogP contribution in [0.15, 0.2) is 17.2 Å². The molecule has 5 nitrogen and oxygen atoms in total. The predicted molar refractivity (Wildman–Crippen MR) is 70.4 cm³/mol. The highest BCUT2D eigenvalue weighted by molar-refractivity contribution is 7.98. The second kappa shape index (κ2) is 4.28. The van der Waals surface area contributed by atoms with Gasteiger partial charge in [0, 0.05) is 5.41 Å². The van der Waals surface area contributed by atoms with E-state index in [1.54, 1.807) is 12.1 Å². The van der Waals surface area contributed by atoms with Crippen molar-refractivity contribution in [1.29, 1.82) is 0 Å². The summed E-state index contributed by atoms with van der Waals surface area (Å²) in [5, 5.41) is 18.2. The van der Waals surface area contributed by atoms with E-state index < -0.39 is 5.97 Å². The molecule has 0 bridgehead atoms. The van der Waals surface area contributed by atoms with Crippen molar-refractivity contribution in [3.05, 3.63) is 23.5 Å². The topological polar surface area (TPSA) is 67.5 Å². The largest absolute Gasteiger partial charge is 0.478 e. The zero-order valence-corrected chi connectivity index (χ0v) is 11.6. The van der Waals surface area contributed by atoms with Gasteiger partial charge in [-0.3, -0.25) is 4.40 Å². The zero-order chi connectivity index (χ0) is 13.5. The summed E-state index contributed by atoms with van der Waals surface area (Å²) < 4.78 is 1.91. The molecule has 2 aromatic rings. The molecular formula is C12H15N3O2S. The van der Waals surface area contributed by atoms with Crippen LogP contribution in [0.5, 0.6) is 0 Å². The van der Waals surface area contributed by atoms with Gasteiger partial charge in [0.1, 0.15) is 5.82 Å². The fourth-order valence-corrected chi connectivity index (χ4v) is 2.35. The van der Waals surface area contributed by atoms with Crippen LogP contribution in [0.25, 0.3) is 5.65 Å². The first-order chi connectivity index (χ1) is 8.34. The number of hydrogen-bond acceptors (Lipinski definition) is 4. The fraction of sp³-hybridized carbons (Fsp3) is 0.417. The number of hydrogen-bond donors (Lipinski definition) is 1. The molecule has 0 spiro atoms. The molecule has 0 atom stereocenters. The van der Waals surface area contributed by atoms with E-state index in [1.165, 1.54) is 11.8 Å². The number of pyridine rings is 1. The summed E-state index contributed by atoms with van der Waals surface area (Å²) in [6.07, 6.45) is 1.91. The molecule has 0 amide bonds. The summed E-state index contributed by atoms with van der Waals surface area (Å²) in [5.41, 5.74) is 0.665. The third-order valence-electron chi connectivity index (χ3n) is 2.60. The van der Waals surface area contributed by atoms with Crippen LogP contribution in [0.3, 0.4) is 0 Å². The molecule has 0 radical (unpaired) electrons. The van der Waals surface area contributed by atoms with Crippen molar-refractivity contribution in [2.75, 3.05) is 6.26 Å². The van der Waals surface area contributed by atoms with Gasteiger partial charge in [0.25, 0.3) is 0 Å². The van der Waals surface area contributed by atoms with Crippen molar-refractivity contribution < 1.29 is 9.90 Å². The lowest BCUT2D eigenvalue weighted by Gasteiger charge is -2.17. The Morgan fingerprint density at radius 3 is 2.50 bits per heavy atom. The Morgan fingerprint density at radius 2 is 2.00 bits per heavy atom. The zero-order valence-electron chi connectivity index (χ0n) is 10.8. The van der Waals surface area contributed by atoms with Gasteiger partial charge < -0.3 is 5.11 Å². The molecule has 18 heavy (non-hydrogen) atoms. The van der Waals surface area contributed by atoms with E-state index in [2.05, 4.69) is 31.0 Å². The Labute approximate surface area is 109 Å². The smallest absolute Gasteiger partial charge is 0.335 e. The van der Waals surface area contributed by atoms with Gasteiger partial charge in [-0.1, -0.05) is 20.8 Å². The van der Waals surface area contributed by atoms with Crippen LogP contribution in [0.1, 0.15) is 37.0 Å². The van der Waals surface area contributed by atoms with Crippen LogP contribution in [-0.2, 0) is 5.41 Å². The lowest BCUT2D eigenvalue weighted by Crippen LogP contribution is -2.17. The Morgan fingerprint density at radius 1 is 1.33 bits per heavy atom. The molecule has 1 N–H and O–H groups in total. The van der Waals surface area contributed by atoms with E-state index >= 15 is 0 Å². The second-order valence-corrected chi connectivity index (χ2v) is 5.89. The van der Waals surface area contributed by atoms with Crippen LogP contribution >= 0.6 is 11.8 Å². The summed E-state index contributed by atoms with van der Waals surface area (Å²) in [4.78, 5) is 11.0. The van der Waals surface area contributed by atoms with Gasteiger partial charge in [-0.15, -0.1) is 22.0 Å². The van der Waals surface area contributed by atoms with Crippen molar-refractivity contribution in [2.24, 2.45) is 0 Å². The van der Waals surface area contributed by atoms with Gasteiger partial charge in [-0.2, -0.15) is 0 Å². The summed E-state index contributed by atoms with van der Waals surface area (Å²) in [6, 6.07) is 3.20. The molecule has 0 aliphatic heterocycles. The quantitative estimate of drug-likeness (QED) is 0.845. The summed E-state index contributed by atoms with van der Waals surface area (Å²) in [5.74, 6) is -0.119. The van der Waals surface area contributed by atoms with E-state index in [-0.39, 0.29) is 11.0 Å². The number of thioether (sulfide) groups is 1. The normalized spacial score (nSPS) is 12.0. The number of aromatic carboxylic acids is 1. The second-order valence-electron chi connectivity index (χ2n) is 5.06. The number of carboxylic acid groups (broad SMARTS) is 1. The van der Waals surface area contributed by atoms with Crippen molar-refractivity contribution in [3.8, 4) is 0 Å². The summed E-state index contributed by atoms with van der Waals surface area (Å²) in [7, 11) is 0. The van der Waals surface area contributed by atoms with Crippen molar-refractivity contribution in [3.63, 3.8) is 0 Å². The molecule has 0 unspecified atom stereocenters. The maximum atomic E-state index is 11.0. The minimum absolute atomic E-state index is 0.144. The van der Waals surface area contributed by atoms with Gasteiger partial charge in [0.05, 0.1) is 10.6 Å². The molecule has 96 valence electrons. The molecule has 2 heterocycles. The highest BCUT2D eigenvalue weighted by Gasteiger charge is 2.23. The Kier molecular flexibility index (Phi) is 3.06. The standard InChI is InChI=1S/C12H15N3O2S/c1-12(2,3)11-14-13-8-5-7(10(16)17)6-9(18-4)15(8)11/h5-6H,1-4H3,(H,16,17). The molecule has 0 saturated carbocycles. The highest BCUT2D eigenvalue weighted by Crippen LogP contribution is 2.26. The Bertz CT molecular complexity index is 614. The maximum Gasteiger partial charge on any atom is 0.335 e. The summed E-state index contributed by atoms with van der Waals surface area (Å²) >= 11 is 1.48. The minimum atomic E-state index is -0.951. The molecule has 0 saturated heterocycles. The number of nitrogens with zero attached hydrogens (tertiary/aromatic N) is 3. The minimum Gasteiger partial charge on any atom is -0.478 e. The Balaban J connectivity index is 2.78. The molecule has 0 fully saturated rings. The van der Waals surface area contributed by atoms with Crippen molar-refractivity contribution in [2.45, 2.75) is 31.2 Å². The van der Waals surface area contributed by atoms with E-state index in [0.29, 0.717) is 5.65 Å². The van der Waals surface area contributed by atoms with E-state index in [9.17, 15) is 4.79 Å². The lowest BCUT2D eigenvalue weighted by molar-refractivity contribution is 0.0696. The molecule has 2 rings (SSSR count). The molecule has 0 aliphatic rings. The fourth-order valence-electron chi connectivity index (χ4n) is 1.74.